The van der Waals surface area contributed by atoms with Gasteiger partial charge in [0.15, 0.2) is 0 Å². The predicted octanol–water partition coefficient (Wildman–Crippen LogP) is 2.83. The van der Waals surface area contributed by atoms with E-state index in [4.69, 9.17) is 0 Å². The maximum absolute atomic E-state index is 11.7. The third-order valence-electron chi connectivity index (χ3n) is 2.22. The molecule has 0 aliphatic heterocycles. The van der Waals surface area contributed by atoms with Gasteiger partial charge in [-0.05, 0) is 61.2 Å². The zero-order valence-corrected chi connectivity index (χ0v) is 12.9. The first kappa shape index (κ1) is 15.0. The van der Waals surface area contributed by atoms with Crippen LogP contribution in [0.4, 0.5) is 0 Å². The Kier molecular flexibility index (Phi) is 5.92. The maximum atomic E-state index is 11.7. The van der Waals surface area contributed by atoms with Crippen molar-refractivity contribution < 1.29 is 4.55 Å². The first-order chi connectivity index (χ1) is 7.89. The Morgan fingerprint density at radius 2 is 2.12 bits per heavy atom. The van der Waals surface area contributed by atoms with Crippen LogP contribution < -0.4 is 4.72 Å². The number of halogens is 1. The van der Waals surface area contributed by atoms with E-state index >= 15 is 0 Å². The van der Waals surface area contributed by atoms with Crippen LogP contribution in [0.2, 0.25) is 0 Å². The molecule has 0 spiro atoms. The van der Waals surface area contributed by atoms with Gasteiger partial charge in [-0.15, -0.1) is 4.72 Å². The van der Waals surface area contributed by atoms with Gasteiger partial charge in [0.05, 0.1) is 0 Å². The molecule has 0 aliphatic carbocycles. The molecule has 1 aromatic rings. The lowest BCUT2D eigenvalue weighted by Gasteiger charge is -2.23. The van der Waals surface area contributed by atoms with Crippen molar-refractivity contribution >= 4 is 27.3 Å². The van der Waals surface area contributed by atoms with E-state index in [1.54, 1.807) is 0 Å². The highest BCUT2D eigenvalue weighted by Crippen LogP contribution is 2.13. The number of nitrogens with zero attached hydrogens (tertiary/aromatic N) is 1. The average Bonchev–Trinajstić information content (AvgIpc) is 2.25. The summed E-state index contributed by atoms with van der Waals surface area (Å²) in [4.78, 5) is 4.17. The minimum Gasteiger partial charge on any atom is -0.598 e. The van der Waals surface area contributed by atoms with Crippen LogP contribution in [0.1, 0.15) is 32.8 Å². The molecule has 1 N–H and O–H groups in total. The first-order valence-corrected chi connectivity index (χ1v) is 7.59. The number of rotatable bonds is 5. The summed E-state index contributed by atoms with van der Waals surface area (Å²) in [6, 6.07) is 3.99. The largest absolute Gasteiger partial charge is 0.598 e. The number of aromatic nitrogens is 1. The van der Waals surface area contributed by atoms with E-state index in [0.717, 1.165) is 24.0 Å². The fraction of sp³-hybridized carbons (Fsp3) is 0.583. The standard InChI is InChI=1S/C12H19BrN2OS/c1-12(2,3)17(16)15-8-4-5-10-6-7-11(13)14-9-10/h6-7,9,15H,4-5,8H2,1-3H3/t17-/m0/s1. The second-order valence-electron chi connectivity index (χ2n) is 4.87. The van der Waals surface area contributed by atoms with Gasteiger partial charge in [-0.1, -0.05) is 6.07 Å². The molecule has 0 fully saturated rings. The Labute approximate surface area is 115 Å². The van der Waals surface area contributed by atoms with Gasteiger partial charge in [-0.2, -0.15) is 0 Å². The fourth-order valence-corrected chi connectivity index (χ4v) is 2.23. The Hall–Kier alpha value is -0.100. The Morgan fingerprint density at radius 3 is 2.65 bits per heavy atom. The van der Waals surface area contributed by atoms with E-state index < -0.39 is 11.4 Å². The predicted molar refractivity (Wildman–Crippen MR) is 76.2 cm³/mol. The number of aryl methyl sites for hydroxylation is 1. The molecule has 0 unspecified atom stereocenters. The van der Waals surface area contributed by atoms with Gasteiger partial charge < -0.3 is 4.55 Å². The quantitative estimate of drug-likeness (QED) is 0.516. The number of hydrogen-bond acceptors (Lipinski definition) is 3. The normalized spacial score (nSPS) is 13.7. The minimum atomic E-state index is -0.972. The summed E-state index contributed by atoms with van der Waals surface area (Å²) in [5.41, 5.74) is 1.21. The molecule has 0 radical (unpaired) electrons. The zero-order chi connectivity index (χ0) is 12.9. The molecule has 0 aromatic carbocycles. The monoisotopic (exact) mass is 318 g/mol. The van der Waals surface area contributed by atoms with E-state index in [9.17, 15) is 4.55 Å². The molecule has 1 heterocycles. The van der Waals surface area contributed by atoms with Gasteiger partial charge in [0.2, 0.25) is 0 Å². The molecule has 96 valence electrons. The van der Waals surface area contributed by atoms with E-state index in [2.05, 4.69) is 31.7 Å². The van der Waals surface area contributed by atoms with Crippen LogP contribution in [0.15, 0.2) is 22.9 Å². The fourth-order valence-electron chi connectivity index (χ4n) is 1.23. The molecule has 0 bridgehead atoms. The van der Waals surface area contributed by atoms with Crippen LogP contribution >= 0.6 is 15.9 Å². The van der Waals surface area contributed by atoms with Crippen LogP contribution in [0, 0.1) is 0 Å². The lowest BCUT2D eigenvalue weighted by molar-refractivity contribution is 0.542. The molecule has 17 heavy (non-hydrogen) atoms. The van der Waals surface area contributed by atoms with Gasteiger partial charge in [0, 0.05) is 24.1 Å². The average molecular weight is 319 g/mol. The van der Waals surface area contributed by atoms with Crippen LogP contribution in [-0.2, 0) is 17.8 Å². The summed E-state index contributed by atoms with van der Waals surface area (Å²) < 4.78 is 15.4. The van der Waals surface area contributed by atoms with Crippen molar-refractivity contribution in [3.8, 4) is 0 Å². The van der Waals surface area contributed by atoms with E-state index in [1.807, 2.05) is 33.0 Å². The Balaban J connectivity index is 2.23. The lowest BCUT2D eigenvalue weighted by Crippen LogP contribution is -2.39. The zero-order valence-electron chi connectivity index (χ0n) is 10.5. The smallest absolute Gasteiger partial charge is 0.136 e. The van der Waals surface area contributed by atoms with Crippen molar-refractivity contribution in [3.05, 3.63) is 28.5 Å². The van der Waals surface area contributed by atoms with E-state index in [0.29, 0.717) is 0 Å². The lowest BCUT2D eigenvalue weighted by atomic mass is 10.2. The second-order valence-corrected chi connectivity index (χ2v) is 7.73. The molecule has 1 rings (SSSR count). The SMILES string of the molecule is CC(C)(C)[S@+]([O-])NCCCc1ccc(Br)nc1. The summed E-state index contributed by atoms with van der Waals surface area (Å²) in [6.45, 7) is 6.66. The third-order valence-corrected chi connectivity index (χ3v) is 4.27. The van der Waals surface area contributed by atoms with E-state index in [1.165, 1.54) is 5.56 Å². The molecule has 1 aromatic heterocycles. The van der Waals surface area contributed by atoms with Crippen molar-refractivity contribution in [2.24, 2.45) is 0 Å². The molecule has 1 atom stereocenters. The number of pyridine rings is 1. The molecular formula is C12H19BrN2OS. The molecular weight excluding hydrogens is 300 g/mol. The van der Waals surface area contributed by atoms with Gasteiger partial charge in [-0.25, -0.2) is 4.98 Å². The van der Waals surface area contributed by atoms with Gasteiger partial charge in [0.25, 0.3) is 0 Å². The molecule has 0 amide bonds. The molecule has 0 saturated heterocycles. The van der Waals surface area contributed by atoms with Crippen LogP contribution in [-0.4, -0.2) is 20.8 Å². The van der Waals surface area contributed by atoms with Crippen molar-refractivity contribution in [1.82, 2.24) is 9.71 Å². The van der Waals surface area contributed by atoms with Crippen LogP contribution in [0.5, 0.6) is 0 Å². The third kappa shape index (κ3) is 5.86. The van der Waals surface area contributed by atoms with Crippen molar-refractivity contribution in [3.63, 3.8) is 0 Å². The summed E-state index contributed by atoms with van der Waals surface area (Å²) >= 11 is 2.33. The van der Waals surface area contributed by atoms with Crippen molar-refractivity contribution in [2.75, 3.05) is 6.54 Å². The Bertz CT molecular complexity index is 337. The molecule has 3 nitrogen and oxygen atoms in total. The molecule has 5 heteroatoms. The maximum Gasteiger partial charge on any atom is 0.136 e. The summed E-state index contributed by atoms with van der Waals surface area (Å²) in [5.74, 6) is 0. The highest BCUT2D eigenvalue weighted by molar-refractivity contribution is 9.10. The van der Waals surface area contributed by atoms with Crippen LogP contribution in [0.3, 0.4) is 0 Å². The summed E-state index contributed by atoms with van der Waals surface area (Å²) in [5, 5.41) is 0. The topological polar surface area (TPSA) is 48.0 Å². The first-order valence-electron chi connectivity index (χ1n) is 5.65. The highest BCUT2D eigenvalue weighted by Gasteiger charge is 2.25. The van der Waals surface area contributed by atoms with Crippen molar-refractivity contribution in [1.29, 1.82) is 0 Å². The highest BCUT2D eigenvalue weighted by atomic mass is 79.9. The number of hydrogen-bond donors (Lipinski definition) is 1. The van der Waals surface area contributed by atoms with Gasteiger partial charge in [0.1, 0.15) is 9.35 Å². The van der Waals surface area contributed by atoms with Gasteiger partial charge >= 0.3 is 0 Å². The van der Waals surface area contributed by atoms with E-state index in [-0.39, 0.29) is 4.75 Å². The Morgan fingerprint density at radius 1 is 1.41 bits per heavy atom. The minimum absolute atomic E-state index is 0.195. The van der Waals surface area contributed by atoms with Crippen molar-refractivity contribution in [2.45, 2.75) is 38.4 Å². The van der Waals surface area contributed by atoms with Gasteiger partial charge in [-0.3, -0.25) is 0 Å². The molecule has 0 aliphatic rings. The summed E-state index contributed by atoms with van der Waals surface area (Å²) in [6.07, 6.45) is 3.78. The second kappa shape index (κ2) is 6.73. The summed E-state index contributed by atoms with van der Waals surface area (Å²) in [7, 11) is 0. The number of nitrogens with one attached hydrogen (secondary N) is 1. The van der Waals surface area contributed by atoms with Crippen LogP contribution in [0.25, 0.3) is 0 Å². The molecule has 0 saturated carbocycles.